The Kier molecular flexibility index (Phi) is 4.48. The first-order valence-corrected chi connectivity index (χ1v) is 6.59. The van der Waals surface area contributed by atoms with E-state index in [1.165, 1.54) is 0 Å². The smallest absolute Gasteiger partial charge is 0.166 e. The van der Waals surface area contributed by atoms with Crippen molar-refractivity contribution >= 4 is 45.2 Å². The van der Waals surface area contributed by atoms with Crippen LogP contribution in [0.15, 0.2) is 24.3 Å². The molecule has 5 heteroatoms. The van der Waals surface area contributed by atoms with Crippen LogP contribution in [0.2, 0.25) is 0 Å². The molecule has 0 bridgehead atoms. The van der Waals surface area contributed by atoms with Crippen molar-refractivity contribution in [2.75, 3.05) is 4.43 Å². The number of alkyl halides is 5. The third-order valence-corrected chi connectivity index (χ3v) is 5.46. The van der Waals surface area contributed by atoms with Gasteiger partial charge in [0.2, 0.25) is 0 Å². The van der Waals surface area contributed by atoms with Gasteiger partial charge in [-0.2, -0.15) is 13.2 Å². The Labute approximate surface area is 108 Å². The normalized spacial score (nSPS) is 14.1. The van der Waals surface area contributed by atoms with Gasteiger partial charge in [0.05, 0.1) is 5.56 Å². The molecular formula is C9H7F3I2. The molecule has 1 aromatic carbocycles. The zero-order valence-corrected chi connectivity index (χ0v) is 11.3. The van der Waals surface area contributed by atoms with Crippen LogP contribution in [0.1, 0.15) is 15.1 Å². The fraction of sp³-hybridized carbons (Fsp3) is 0.333. The quantitative estimate of drug-likeness (QED) is 0.479. The molecule has 0 radical (unpaired) electrons. The van der Waals surface area contributed by atoms with Crippen molar-refractivity contribution in [3.63, 3.8) is 0 Å². The molecular weight excluding hydrogens is 419 g/mol. The van der Waals surface area contributed by atoms with Gasteiger partial charge >= 0.3 is 6.18 Å². The second-order valence-corrected chi connectivity index (χ2v) is 5.13. The number of halogens is 5. The molecule has 0 aliphatic heterocycles. The summed E-state index contributed by atoms with van der Waals surface area (Å²) in [6, 6.07) is 5.35. The van der Waals surface area contributed by atoms with Crippen molar-refractivity contribution in [1.82, 2.24) is 0 Å². The summed E-state index contributed by atoms with van der Waals surface area (Å²) in [6.07, 6.45) is -4.23. The number of benzene rings is 1. The van der Waals surface area contributed by atoms with Gasteiger partial charge in [-0.25, -0.2) is 0 Å². The van der Waals surface area contributed by atoms with Gasteiger partial charge in [0.25, 0.3) is 0 Å². The first-order chi connectivity index (χ1) is 6.45. The standard InChI is InChI=1S/C9H7F3I2/c10-9(11,12)7-3-1-6(2-4-7)8(14)5-13/h1-4,8H,5H2. The molecule has 0 aliphatic carbocycles. The van der Waals surface area contributed by atoms with Gasteiger partial charge in [0.15, 0.2) is 0 Å². The number of rotatable bonds is 2. The van der Waals surface area contributed by atoms with E-state index >= 15 is 0 Å². The molecule has 1 aromatic rings. The molecule has 0 aliphatic rings. The molecule has 0 spiro atoms. The Morgan fingerprint density at radius 2 is 1.64 bits per heavy atom. The Hall–Kier alpha value is 0.470. The van der Waals surface area contributed by atoms with Crippen LogP contribution in [0.3, 0.4) is 0 Å². The maximum Gasteiger partial charge on any atom is 0.416 e. The molecule has 0 N–H and O–H groups in total. The van der Waals surface area contributed by atoms with Gasteiger partial charge in [0, 0.05) is 8.35 Å². The summed E-state index contributed by atoms with van der Waals surface area (Å²) < 4.78 is 37.8. The van der Waals surface area contributed by atoms with Gasteiger partial charge in [0.1, 0.15) is 0 Å². The topological polar surface area (TPSA) is 0 Å². The van der Waals surface area contributed by atoms with E-state index in [4.69, 9.17) is 0 Å². The summed E-state index contributed by atoms with van der Waals surface area (Å²) in [5, 5.41) is 0. The lowest BCUT2D eigenvalue weighted by atomic mass is 10.1. The number of hydrogen-bond acceptors (Lipinski definition) is 0. The minimum atomic E-state index is -4.23. The van der Waals surface area contributed by atoms with E-state index in [1.54, 1.807) is 12.1 Å². The fourth-order valence-corrected chi connectivity index (χ4v) is 1.89. The van der Waals surface area contributed by atoms with Crippen LogP contribution in [0.4, 0.5) is 13.2 Å². The van der Waals surface area contributed by atoms with Crippen LogP contribution in [-0.4, -0.2) is 4.43 Å². The highest BCUT2D eigenvalue weighted by atomic mass is 127. The lowest BCUT2D eigenvalue weighted by Gasteiger charge is -2.09. The highest BCUT2D eigenvalue weighted by Gasteiger charge is 2.30. The molecule has 0 aromatic heterocycles. The predicted octanol–water partition coefficient (Wildman–Crippen LogP) is 4.62. The Bertz CT molecular complexity index is 292. The van der Waals surface area contributed by atoms with E-state index in [-0.39, 0.29) is 3.92 Å². The van der Waals surface area contributed by atoms with Crippen LogP contribution >= 0.6 is 45.2 Å². The molecule has 0 heterocycles. The SMILES string of the molecule is FC(F)(F)c1ccc(C(I)CI)cc1. The van der Waals surface area contributed by atoms with E-state index < -0.39 is 11.7 Å². The average Bonchev–Trinajstić information content (AvgIpc) is 2.15. The average molecular weight is 426 g/mol. The summed E-state index contributed by atoms with van der Waals surface area (Å²) in [5.41, 5.74) is 0.353. The zero-order chi connectivity index (χ0) is 10.8. The van der Waals surface area contributed by atoms with Crippen molar-refractivity contribution in [2.45, 2.75) is 10.1 Å². The maximum absolute atomic E-state index is 12.2. The van der Waals surface area contributed by atoms with Crippen molar-refractivity contribution < 1.29 is 13.2 Å². The van der Waals surface area contributed by atoms with Crippen LogP contribution in [0.5, 0.6) is 0 Å². The highest BCUT2D eigenvalue weighted by molar-refractivity contribution is 14.1. The summed E-state index contributed by atoms with van der Waals surface area (Å²) in [4.78, 5) is 0. The minimum absolute atomic E-state index is 0.274. The second-order valence-electron chi connectivity index (χ2n) is 2.74. The van der Waals surface area contributed by atoms with Crippen molar-refractivity contribution in [3.05, 3.63) is 35.4 Å². The molecule has 78 valence electrons. The van der Waals surface area contributed by atoms with Gasteiger partial charge in [-0.3, -0.25) is 0 Å². The Morgan fingerprint density at radius 3 is 2.00 bits per heavy atom. The van der Waals surface area contributed by atoms with Crippen LogP contribution in [0.25, 0.3) is 0 Å². The largest absolute Gasteiger partial charge is 0.416 e. The molecule has 0 fully saturated rings. The summed E-state index contributed by atoms with van der Waals surface area (Å²) in [7, 11) is 0. The molecule has 0 amide bonds. The van der Waals surface area contributed by atoms with E-state index in [0.29, 0.717) is 0 Å². The first kappa shape index (κ1) is 12.5. The summed E-state index contributed by atoms with van der Waals surface area (Å²) in [6.45, 7) is 0. The fourth-order valence-electron chi connectivity index (χ4n) is 0.970. The molecule has 0 saturated heterocycles. The lowest BCUT2D eigenvalue weighted by molar-refractivity contribution is -0.137. The Morgan fingerprint density at radius 1 is 1.14 bits per heavy atom. The van der Waals surface area contributed by atoms with Crippen LogP contribution in [0, 0.1) is 0 Å². The van der Waals surface area contributed by atoms with E-state index in [2.05, 4.69) is 45.2 Å². The van der Waals surface area contributed by atoms with E-state index in [0.717, 1.165) is 22.1 Å². The molecule has 1 atom stereocenters. The van der Waals surface area contributed by atoms with Crippen LogP contribution in [-0.2, 0) is 6.18 Å². The predicted molar refractivity (Wildman–Crippen MR) is 67.1 cm³/mol. The molecule has 1 rings (SSSR count). The minimum Gasteiger partial charge on any atom is -0.166 e. The van der Waals surface area contributed by atoms with Crippen LogP contribution < -0.4 is 0 Å². The first-order valence-electron chi connectivity index (χ1n) is 3.82. The molecule has 0 nitrogen and oxygen atoms in total. The zero-order valence-electron chi connectivity index (χ0n) is 6.98. The molecule has 0 saturated carbocycles. The van der Waals surface area contributed by atoms with Gasteiger partial charge in [-0.1, -0.05) is 57.3 Å². The summed E-state index contributed by atoms with van der Waals surface area (Å²) >= 11 is 4.43. The van der Waals surface area contributed by atoms with Crippen molar-refractivity contribution in [3.8, 4) is 0 Å². The van der Waals surface area contributed by atoms with Crippen molar-refractivity contribution in [2.24, 2.45) is 0 Å². The molecule has 14 heavy (non-hydrogen) atoms. The third kappa shape index (κ3) is 3.25. The second kappa shape index (κ2) is 5.00. The summed E-state index contributed by atoms with van der Waals surface area (Å²) in [5.74, 6) is 0. The lowest BCUT2D eigenvalue weighted by Crippen LogP contribution is -2.04. The molecule has 1 unspecified atom stereocenters. The monoisotopic (exact) mass is 426 g/mol. The maximum atomic E-state index is 12.2. The van der Waals surface area contributed by atoms with E-state index in [1.807, 2.05) is 0 Å². The highest BCUT2D eigenvalue weighted by Crippen LogP contribution is 2.31. The Balaban J connectivity index is 2.89. The van der Waals surface area contributed by atoms with Gasteiger partial charge < -0.3 is 0 Å². The van der Waals surface area contributed by atoms with Gasteiger partial charge in [-0.15, -0.1) is 0 Å². The third-order valence-electron chi connectivity index (χ3n) is 1.74. The van der Waals surface area contributed by atoms with Gasteiger partial charge in [-0.05, 0) is 17.7 Å². The van der Waals surface area contributed by atoms with E-state index in [9.17, 15) is 13.2 Å². The van der Waals surface area contributed by atoms with Crippen molar-refractivity contribution in [1.29, 1.82) is 0 Å². The number of hydrogen-bond donors (Lipinski definition) is 0.